The van der Waals surface area contributed by atoms with E-state index in [0.717, 1.165) is 19.3 Å². The number of unbranched alkanes of at least 4 members (excludes halogenated alkanes) is 4. The smallest absolute Gasteiger partial charge is 0.339 e. The van der Waals surface area contributed by atoms with Crippen LogP contribution in [0.5, 0.6) is 0 Å². The Kier molecular flexibility index (Phi) is 8.94. The van der Waals surface area contributed by atoms with E-state index in [1.54, 1.807) is 30.3 Å². The minimum Gasteiger partial charge on any atom is -0.468 e. The van der Waals surface area contributed by atoms with Gasteiger partial charge in [0.15, 0.2) is 0 Å². The van der Waals surface area contributed by atoms with Crippen molar-refractivity contribution >= 4 is 17.8 Å². The largest absolute Gasteiger partial charge is 0.468 e. The molecule has 28 heavy (non-hydrogen) atoms. The lowest BCUT2D eigenvalue weighted by molar-refractivity contribution is -0.142. The third-order valence-electron chi connectivity index (χ3n) is 4.65. The standard InChI is InChI=1S/C21H29NO6/c1-3-4-5-6-10-13-16-18(27-16)19(20(24)22-14-17(23)26-2)28-21(25)15-11-8-7-9-12-15/h7-9,11-12,16,18-19H,3-6,10,13-14H2,1-2H3,(H,22,24)/t16-,18+,19?/m1/s1. The molecule has 1 amide bonds. The Hall–Kier alpha value is -2.41. The molecule has 1 aliphatic rings. The summed E-state index contributed by atoms with van der Waals surface area (Å²) < 4.78 is 15.6. The number of methoxy groups -OCH3 is 1. The van der Waals surface area contributed by atoms with Gasteiger partial charge in [-0.25, -0.2) is 4.79 Å². The maximum atomic E-state index is 12.5. The van der Waals surface area contributed by atoms with Gasteiger partial charge in [-0.3, -0.25) is 9.59 Å². The molecule has 1 N–H and O–H groups in total. The first-order chi connectivity index (χ1) is 13.6. The molecule has 0 aliphatic carbocycles. The van der Waals surface area contributed by atoms with Gasteiger partial charge in [-0.2, -0.15) is 0 Å². The van der Waals surface area contributed by atoms with Gasteiger partial charge < -0.3 is 19.5 Å². The van der Waals surface area contributed by atoms with E-state index >= 15 is 0 Å². The number of benzene rings is 1. The van der Waals surface area contributed by atoms with Crippen molar-refractivity contribution in [2.45, 2.75) is 63.8 Å². The molecule has 2 rings (SSSR count). The van der Waals surface area contributed by atoms with Gasteiger partial charge in [-0.05, 0) is 18.6 Å². The second kappa shape index (κ2) is 11.4. The van der Waals surface area contributed by atoms with Crippen molar-refractivity contribution < 1.29 is 28.6 Å². The first-order valence-corrected chi connectivity index (χ1v) is 9.82. The Morgan fingerprint density at radius 1 is 1.11 bits per heavy atom. The van der Waals surface area contributed by atoms with E-state index in [1.165, 1.54) is 26.4 Å². The van der Waals surface area contributed by atoms with Crippen LogP contribution >= 0.6 is 0 Å². The van der Waals surface area contributed by atoms with Crippen LogP contribution in [0.4, 0.5) is 0 Å². The molecule has 1 aromatic carbocycles. The van der Waals surface area contributed by atoms with Crippen molar-refractivity contribution in [3.63, 3.8) is 0 Å². The average Bonchev–Trinajstić information content (AvgIpc) is 3.49. The highest BCUT2D eigenvalue weighted by atomic mass is 16.6. The predicted molar refractivity (Wildman–Crippen MR) is 103 cm³/mol. The molecule has 1 aliphatic heterocycles. The number of rotatable bonds is 12. The topological polar surface area (TPSA) is 94.2 Å². The number of carbonyl (C=O) groups is 3. The van der Waals surface area contributed by atoms with Gasteiger partial charge in [0, 0.05) is 0 Å². The normalized spacial score (nSPS) is 18.8. The fourth-order valence-electron chi connectivity index (χ4n) is 2.96. The van der Waals surface area contributed by atoms with Crippen LogP contribution in [-0.4, -0.2) is 49.8 Å². The van der Waals surface area contributed by atoms with E-state index in [4.69, 9.17) is 9.47 Å². The van der Waals surface area contributed by atoms with E-state index in [-0.39, 0.29) is 12.6 Å². The number of epoxide rings is 1. The summed E-state index contributed by atoms with van der Waals surface area (Å²) in [6.07, 6.45) is 4.81. The minimum atomic E-state index is -1.10. The molecule has 1 heterocycles. The van der Waals surface area contributed by atoms with Gasteiger partial charge in [-0.1, -0.05) is 57.2 Å². The van der Waals surface area contributed by atoms with Crippen LogP contribution < -0.4 is 5.32 Å². The van der Waals surface area contributed by atoms with E-state index in [1.807, 2.05) is 0 Å². The number of carbonyl (C=O) groups excluding carboxylic acids is 3. The summed E-state index contributed by atoms with van der Waals surface area (Å²) >= 11 is 0. The lowest BCUT2D eigenvalue weighted by Gasteiger charge is -2.16. The van der Waals surface area contributed by atoms with E-state index in [0.29, 0.717) is 5.56 Å². The van der Waals surface area contributed by atoms with E-state index in [9.17, 15) is 14.4 Å². The highest BCUT2D eigenvalue weighted by molar-refractivity contribution is 5.93. The van der Waals surface area contributed by atoms with Gasteiger partial charge in [0.25, 0.3) is 5.91 Å². The maximum absolute atomic E-state index is 12.5. The summed E-state index contributed by atoms with van der Waals surface area (Å²) in [6.45, 7) is 1.88. The third kappa shape index (κ3) is 6.96. The van der Waals surface area contributed by atoms with Gasteiger partial charge in [0.2, 0.25) is 6.10 Å². The van der Waals surface area contributed by atoms with E-state index in [2.05, 4.69) is 17.0 Å². The SMILES string of the molecule is CCCCCCC[C@H]1O[C@@H]1C(OC(=O)c1ccccc1)C(=O)NCC(=O)OC. The Morgan fingerprint density at radius 3 is 2.50 bits per heavy atom. The van der Waals surface area contributed by atoms with E-state index < -0.39 is 30.1 Å². The summed E-state index contributed by atoms with van der Waals surface area (Å²) in [7, 11) is 1.24. The molecule has 1 unspecified atom stereocenters. The number of ether oxygens (including phenoxy) is 3. The lowest BCUT2D eigenvalue weighted by Crippen LogP contribution is -2.43. The molecule has 1 saturated heterocycles. The van der Waals surface area contributed by atoms with Crippen LogP contribution in [0.15, 0.2) is 30.3 Å². The summed E-state index contributed by atoms with van der Waals surface area (Å²) in [5, 5.41) is 2.45. The van der Waals surface area contributed by atoms with Crippen molar-refractivity contribution in [2.24, 2.45) is 0 Å². The molecular weight excluding hydrogens is 362 g/mol. The van der Waals surface area contributed by atoms with Crippen LogP contribution in [0.2, 0.25) is 0 Å². The zero-order valence-corrected chi connectivity index (χ0v) is 16.5. The first-order valence-electron chi connectivity index (χ1n) is 9.82. The highest BCUT2D eigenvalue weighted by Gasteiger charge is 2.49. The molecule has 1 fully saturated rings. The predicted octanol–water partition coefficient (Wildman–Crippen LogP) is 2.63. The van der Waals surface area contributed by atoms with Crippen molar-refractivity contribution in [3.8, 4) is 0 Å². The first kappa shape index (κ1) is 21.9. The van der Waals surface area contributed by atoms with Crippen LogP contribution in [0, 0.1) is 0 Å². The highest BCUT2D eigenvalue weighted by Crippen LogP contribution is 2.32. The molecule has 3 atom stereocenters. The molecule has 7 nitrogen and oxygen atoms in total. The zero-order chi connectivity index (χ0) is 20.4. The Labute approximate surface area is 165 Å². The lowest BCUT2D eigenvalue weighted by atomic mass is 10.1. The molecule has 0 radical (unpaired) electrons. The second-order valence-electron chi connectivity index (χ2n) is 6.83. The quantitative estimate of drug-likeness (QED) is 0.334. The second-order valence-corrected chi connectivity index (χ2v) is 6.83. The Balaban J connectivity index is 1.92. The molecule has 7 heteroatoms. The Bertz CT molecular complexity index is 648. The Morgan fingerprint density at radius 2 is 1.82 bits per heavy atom. The fraction of sp³-hybridized carbons (Fsp3) is 0.571. The number of hydrogen-bond donors (Lipinski definition) is 1. The van der Waals surface area contributed by atoms with Crippen molar-refractivity contribution in [3.05, 3.63) is 35.9 Å². The maximum Gasteiger partial charge on any atom is 0.339 e. The van der Waals surface area contributed by atoms with Crippen LogP contribution in [0.3, 0.4) is 0 Å². The molecular formula is C21H29NO6. The van der Waals surface area contributed by atoms with Gasteiger partial charge in [-0.15, -0.1) is 0 Å². The fourth-order valence-corrected chi connectivity index (χ4v) is 2.96. The number of hydrogen-bond acceptors (Lipinski definition) is 6. The molecule has 0 aromatic heterocycles. The number of nitrogens with one attached hydrogen (secondary N) is 1. The zero-order valence-electron chi connectivity index (χ0n) is 16.5. The molecule has 154 valence electrons. The number of amides is 1. The summed E-state index contributed by atoms with van der Waals surface area (Å²) in [6, 6.07) is 8.46. The summed E-state index contributed by atoms with van der Waals surface area (Å²) in [4.78, 5) is 36.2. The molecule has 1 aromatic rings. The minimum absolute atomic E-state index is 0.112. The van der Waals surface area contributed by atoms with Crippen molar-refractivity contribution in [1.29, 1.82) is 0 Å². The van der Waals surface area contributed by atoms with Crippen LogP contribution in [0.25, 0.3) is 0 Å². The van der Waals surface area contributed by atoms with Gasteiger partial charge in [0.1, 0.15) is 12.6 Å². The summed E-state index contributed by atoms with van der Waals surface area (Å²) in [5.41, 5.74) is 0.352. The summed E-state index contributed by atoms with van der Waals surface area (Å²) in [5.74, 6) is -1.74. The van der Waals surface area contributed by atoms with Gasteiger partial charge in [0.05, 0.1) is 18.8 Å². The van der Waals surface area contributed by atoms with Crippen molar-refractivity contribution in [2.75, 3.05) is 13.7 Å². The van der Waals surface area contributed by atoms with Crippen LogP contribution in [-0.2, 0) is 23.8 Å². The average molecular weight is 391 g/mol. The van der Waals surface area contributed by atoms with Gasteiger partial charge >= 0.3 is 11.9 Å². The molecule has 0 saturated carbocycles. The molecule has 0 spiro atoms. The number of esters is 2. The van der Waals surface area contributed by atoms with Crippen molar-refractivity contribution in [1.82, 2.24) is 5.32 Å². The van der Waals surface area contributed by atoms with Crippen LogP contribution in [0.1, 0.15) is 55.8 Å². The molecule has 0 bridgehead atoms. The third-order valence-corrected chi connectivity index (χ3v) is 4.65. The monoisotopic (exact) mass is 391 g/mol.